The number of fused-ring (bicyclic) bond motifs is 5. The molecule has 11 heteroatoms. The fourth-order valence-electron chi connectivity index (χ4n) is 5.70. The van der Waals surface area contributed by atoms with Crippen molar-refractivity contribution in [2.75, 3.05) is 27.3 Å². The lowest BCUT2D eigenvalue weighted by Gasteiger charge is -2.30. The van der Waals surface area contributed by atoms with Crippen molar-refractivity contribution in [3.63, 3.8) is 0 Å². The van der Waals surface area contributed by atoms with Gasteiger partial charge in [0.15, 0.2) is 11.5 Å². The van der Waals surface area contributed by atoms with Gasteiger partial charge >= 0.3 is 0 Å². The van der Waals surface area contributed by atoms with Crippen LogP contribution < -0.4 is 20.1 Å². The first-order chi connectivity index (χ1) is 19.4. The van der Waals surface area contributed by atoms with Crippen molar-refractivity contribution in [3.05, 3.63) is 58.5 Å². The Hall–Kier alpha value is -3.79. The predicted molar refractivity (Wildman–Crippen MR) is 150 cm³/mol. The molecule has 10 nitrogen and oxygen atoms in total. The molecule has 4 heterocycles. The van der Waals surface area contributed by atoms with Crippen LogP contribution in [-0.2, 0) is 22.4 Å². The molecule has 1 saturated heterocycles. The van der Waals surface area contributed by atoms with Gasteiger partial charge in [0.1, 0.15) is 11.3 Å². The van der Waals surface area contributed by atoms with Crippen LogP contribution in [-0.4, -0.2) is 71.4 Å². The average molecular weight is 568 g/mol. The number of carbonyl (C=O) groups is 3. The fraction of sp³-hybridized carbons (Fsp3) is 0.448. The SMILES string of the molecule is COc1cc2cc(c1OC)CCCNC(=O)C[C@@H]1CC[C@H](CNC(=O)CC2)N1C(=O)c1cn2cc(Cl)ccc2n1. The molecule has 2 atom stereocenters. The summed E-state index contributed by atoms with van der Waals surface area (Å²) in [5.41, 5.74) is 2.83. The number of imidazole rings is 1. The summed E-state index contributed by atoms with van der Waals surface area (Å²) in [7, 11) is 3.20. The van der Waals surface area contributed by atoms with Gasteiger partial charge in [0.05, 0.1) is 19.2 Å². The van der Waals surface area contributed by atoms with E-state index in [2.05, 4.69) is 15.6 Å². The summed E-state index contributed by atoms with van der Waals surface area (Å²) in [6, 6.07) is 6.87. The number of nitrogens with zero attached hydrogens (tertiary/aromatic N) is 3. The van der Waals surface area contributed by atoms with Crippen molar-refractivity contribution in [1.82, 2.24) is 24.9 Å². The summed E-state index contributed by atoms with van der Waals surface area (Å²) >= 11 is 6.11. The molecule has 212 valence electrons. The molecule has 2 aliphatic heterocycles. The molecule has 4 bridgehead atoms. The van der Waals surface area contributed by atoms with Crippen LogP contribution in [0.5, 0.6) is 11.5 Å². The lowest BCUT2D eigenvalue weighted by Crippen LogP contribution is -2.48. The number of aromatic nitrogens is 2. The van der Waals surface area contributed by atoms with E-state index in [1.54, 1.807) is 48.0 Å². The molecule has 3 amide bonds. The average Bonchev–Trinajstić information content (AvgIpc) is 3.55. The van der Waals surface area contributed by atoms with Crippen LogP contribution in [0.1, 0.15) is 53.7 Å². The van der Waals surface area contributed by atoms with Crippen LogP contribution in [0.4, 0.5) is 0 Å². The topological polar surface area (TPSA) is 114 Å². The number of carbonyl (C=O) groups excluding carboxylic acids is 3. The highest BCUT2D eigenvalue weighted by Gasteiger charge is 2.39. The normalized spacial score (nSPS) is 20.5. The van der Waals surface area contributed by atoms with Gasteiger partial charge in [-0.1, -0.05) is 17.7 Å². The van der Waals surface area contributed by atoms with Gasteiger partial charge in [0.2, 0.25) is 11.8 Å². The van der Waals surface area contributed by atoms with Gasteiger partial charge in [-0.25, -0.2) is 4.98 Å². The number of pyridine rings is 1. The van der Waals surface area contributed by atoms with E-state index < -0.39 is 0 Å². The summed E-state index contributed by atoms with van der Waals surface area (Å²) < 4.78 is 12.9. The second-order valence-corrected chi connectivity index (χ2v) is 10.7. The van der Waals surface area contributed by atoms with Gasteiger partial charge in [-0.2, -0.15) is 0 Å². The smallest absolute Gasteiger partial charge is 0.274 e. The van der Waals surface area contributed by atoms with Gasteiger partial charge in [-0.3, -0.25) is 14.4 Å². The first-order valence-corrected chi connectivity index (χ1v) is 14.0. The van der Waals surface area contributed by atoms with Crippen LogP contribution in [0, 0.1) is 0 Å². The van der Waals surface area contributed by atoms with Crippen molar-refractivity contribution >= 4 is 35.0 Å². The highest BCUT2D eigenvalue weighted by atomic mass is 35.5. The number of ether oxygens (including phenoxy) is 2. The number of methoxy groups -OCH3 is 2. The Labute approximate surface area is 238 Å². The number of nitrogens with one attached hydrogen (secondary N) is 2. The lowest BCUT2D eigenvalue weighted by atomic mass is 10.0. The van der Waals surface area contributed by atoms with Crippen molar-refractivity contribution in [2.45, 2.75) is 57.0 Å². The van der Waals surface area contributed by atoms with Gasteiger partial charge in [-0.05, 0) is 61.4 Å². The zero-order chi connectivity index (χ0) is 28.2. The molecule has 2 N–H and O–H groups in total. The second-order valence-electron chi connectivity index (χ2n) is 10.3. The maximum Gasteiger partial charge on any atom is 0.274 e. The van der Waals surface area contributed by atoms with E-state index >= 15 is 0 Å². The Morgan fingerprint density at radius 3 is 2.62 bits per heavy atom. The second kappa shape index (κ2) is 12.2. The minimum absolute atomic E-state index is 0.100. The monoisotopic (exact) mass is 567 g/mol. The Balaban J connectivity index is 1.38. The van der Waals surface area contributed by atoms with E-state index in [1.807, 2.05) is 12.1 Å². The molecular weight excluding hydrogens is 534 g/mol. The van der Waals surface area contributed by atoms with Crippen molar-refractivity contribution in [3.8, 4) is 11.5 Å². The molecule has 0 saturated carbocycles. The van der Waals surface area contributed by atoms with E-state index in [0.29, 0.717) is 73.8 Å². The summed E-state index contributed by atoms with van der Waals surface area (Å²) in [6.07, 6.45) is 7.09. The van der Waals surface area contributed by atoms with Crippen LogP contribution in [0.3, 0.4) is 0 Å². The molecular formula is C29H34ClN5O5. The van der Waals surface area contributed by atoms with Crippen molar-refractivity contribution in [2.24, 2.45) is 0 Å². The molecule has 3 aromatic rings. The minimum Gasteiger partial charge on any atom is -0.493 e. The van der Waals surface area contributed by atoms with E-state index in [1.165, 1.54) is 0 Å². The van der Waals surface area contributed by atoms with Crippen molar-refractivity contribution in [1.29, 1.82) is 0 Å². The zero-order valence-corrected chi connectivity index (χ0v) is 23.5. The zero-order valence-electron chi connectivity index (χ0n) is 22.7. The van der Waals surface area contributed by atoms with Gasteiger partial charge in [0.25, 0.3) is 5.91 Å². The Bertz CT molecular complexity index is 1420. The standard InChI is InChI=1S/C29H34ClN5O5/c1-39-24-13-18-5-10-26(36)32-15-22-8-7-21(14-27(37)31-11-3-4-19(12-18)28(24)40-2)35(22)29(38)23-17-34-16-20(30)6-9-25(34)33-23/h6,9,12-13,16-17,21-22H,3-5,7-8,10-11,14-15H2,1-2H3,(H,31,37)(H,32,36)/t21-,22+/m0/s1. The third kappa shape index (κ3) is 6.01. The molecule has 0 aliphatic carbocycles. The molecule has 0 radical (unpaired) electrons. The Morgan fingerprint density at radius 2 is 1.82 bits per heavy atom. The minimum atomic E-state index is -0.294. The highest BCUT2D eigenvalue weighted by Crippen LogP contribution is 2.34. The van der Waals surface area contributed by atoms with Gasteiger partial charge < -0.3 is 29.4 Å². The molecule has 2 aliphatic rings. The number of aryl methyl sites for hydroxylation is 2. The number of halogens is 1. The van der Waals surface area contributed by atoms with Gasteiger partial charge in [-0.15, -0.1) is 0 Å². The molecule has 2 aromatic heterocycles. The largest absolute Gasteiger partial charge is 0.493 e. The summed E-state index contributed by atoms with van der Waals surface area (Å²) in [5.74, 6) is 0.815. The number of hydrogen-bond acceptors (Lipinski definition) is 6. The Morgan fingerprint density at radius 1 is 1.00 bits per heavy atom. The van der Waals surface area contributed by atoms with Crippen LogP contribution in [0.15, 0.2) is 36.7 Å². The first kappa shape index (κ1) is 27.8. The quantitative estimate of drug-likeness (QED) is 0.502. The lowest BCUT2D eigenvalue weighted by molar-refractivity contribution is -0.123. The summed E-state index contributed by atoms with van der Waals surface area (Å²) in [4.78, 5) is 45.8. The molecule has 1 aromatic carbocycles. The van der Waals surface area contributed by atoms with E-state index in [0.717, 1.165) is 11.1 Å². The van der Waals surface area contributed by atoms with Crippen LogP contribution in [0.2, 0.25) is 5.02 Å². The van der Waals surface area contributed by atoms with Gasteiger partial charge in [0, 0.05) is 50.4 Å². The fourth-order valence-corrected chi connectivity index (χ4v) is 5.87. The summed E-state index contributed by atoms with van der Waals surface area (Å²) in [6.45, 7) is 0.797. The first-order valence-electron chi connectivity index (χ1n) is 13.6. The molecule has 40 heavy (non-hydrogen) atoms. The molecule has 0 unspecified atom stereocenters. The Kier molecular flexibility index (Phi) is 8.44. The van der Waals surface area contributed by atoms with E-state index in [4.69, 9.17) is 21.1 Å². The number of benzene rings is 1. The van der Waals surface area contributed by atoms with E-state index in [-0.39, 0.29) is 41.9 Å². The number of amides is 3. The number of rotatable bonds is 3. The van der Waals surface area contributed by atoms with Crippen LogP contribution in [0.25, 0.3) is 5.65 Å². The highest BCUT2D eigenvalue weighted by molar-refractivity contribution is 6.30. The third-order valence-corrected chi connectivity index (χ3v) is 7.87. The maximum atomic E-state index is 13.8. The molecule has 5 rings (SSSR count). The molecule has 1 fully saturated rings. The van der Waals surface area contributed by atoms with Crippen molar-refractivity contribution < 1.29 is 23.9 Å². The van der Waals surface area contributed by atoms with Crippen LogP contribution >= 0.6 is 11.6 Å². The summed E-state index contributed by atoms with van der Waals surface area (Å²) in [5, 5.41) is 6.56. The number of hydrogen-bond donors (Lipinski definition) is 2. The van der Waals surface area contributed by atoms with E-state index in [9.17, 15) is 14.4 Å². The molecule has 0 spiro atoms. The third-order valence-electron chi connectivity index (χ3n) is 7.65. The maximum absolute atomic E-state index is 13.8. The predicted octanol–water partition coefficient (Wildman–Crippen LogP) is 3.18.